The molecule has 0 atom stereocenters. The zero-order valence-electron chi connectivity index (χ0n) is 12.2. The smallest absolute Gasteiger partial charge is 0.147 e. The fourth-order valence-electron chi connectivity index (χ4n) is 2.82. The highest BCUT2D eigenvalue weighted by Crippen LogP contribution is 2.26. The Balaban J connectivity index is 2.05. The van der Waals surface area contributed by atoms with Crippen LogP contribution in [0.15, 0.2) is 24.3 Å². The third-order valence-corrected chi connectivity index (χ3v) is 4.15. The molecular formula is C17H19N3O. The molecule has 0 amide bonds. The first-order valence-electron chi connectivity index (χ1n) is 7.48. The molecule has 0 radical (unpaired) electrons. The number of aromatic nitrogens is 1. The van der Waals surface area contributed by atoms with Crippen molar-refractivity contribution in [1.82, 2.24) is 4.98 Å². The van der Waals surface area contributed by atoms with Gasteiger partial charge in [-0.1, -0.05) is 19.1 Å². The zero-order chi connectivity index (χ0) is 14.8. The maximum atomic E-state index is 9.63. The van der Waals surface area contributed by atoms with E-state index in [0.29, 0.717) is 5.56 Å². The van der Waals surface area contributed by atoms with Gasteiger partial charge in [0, 0.05) is 18.5 Å². The third kappa shape index (κ3) is 2.70. The molecule has 1 fully saturated rings. The van der Waals surface area contributed by atoms with E-state index in [1.165, 1.54) is 5.56 Å². The van der Waals surface area contributed by atoms with Gasteiger partial charge in [0.2, 0.25) is 0 Å². The summed E-state index contributed by atoms with van der Waals surface area (Å²) in [5, 5.41) is 20.0. The van der Waals surface area contributed by atoms with Crippen molar-refractivity contribution in [1.29, 1.82) is 5.26 Å². The first-order valence-corrected chi connectivity index (χ1v) is 7.48. The number of anilines is 1. The highest BCUT2D eigenvalue weighted by Gasteiger charge is 2.21. The molecule has 108 valence electrons. The summed E-state index contributed by atoms with van der Waals surface area (Å²) in [6.07, 6.45) is 2.22. The quantitative estimate of drug-likeness (QED) is 0.919. The number of nitriles is 1. The molecule has 0 saturated carbocycles. The van der Waals surface area contributed by atoms with E-state index in [1.807, 2.05) is 12.1 Å². The number of hydrogen-bond acceptors (Lipinski definition) is 4. The molecule has 2 aromatic rings. The van der Waals surface area contributed by atoms with Crippen LogP contribution >= 0.6 is 0 Å². The van der Waals surface area contributed by atoms with Gasteiger partial charge in [0.15, 0.2) is 0 Å². The van der Waals surface area contributed by atoms with Crippen molar-refractivity contribution < 1.29 is 5.11 Å². The Kier molecular flexibility index (Phi) is 3.76. The summed E-state index contributed by atoms with van der Waals surface area (Å²) in [5.41, 5.74) is 2.80. The van der Waals surface area contributed by atoms with Gasteiger partial charge in [0.05, 0.1) is 17.2 Å². The Morgan fingerprint density at radius 3 is 2.76 bits per heavy atom. The number of aryl methyl sites for hydroxylation is 1. The van der Waals surface area contributed by atoms with Crippen LogP contribution < -0.4 is 4.90 Å². The lowest BCUT2D eigenvalue weighted by Gasteiger charge is -2.31. The minimum Gasteiger partial charge on any atom is -0.393 e. The number of aliphatic hydroxyl groups is 1. The summed E-state index contributed by atoms with van der Waals surface area (Å²) in [4.78, 5) is 6.84. The molecule has 0 spiro atoms. The summed E-state index contributed by atoms with van der Waals surface area (Å²) in [6, 6.07) is 10.4. The zero-order valence-corrected chi connectivity index (χ0v) is 12.2. The van der Waals surface area contributed by atoms with E-state index < -0.39 is 0 Å². The summed E-state index contributed by atoms with van der Waals surface area (Å²) < 4.78 is 0. The lowest BCUT2D eigenvalue weighted by Crippen LogP contribution is -2.36. The third-order valence-electron chi connectivity index (χ3n) is 4.15. The van der Waals surface area contributed by atoms with Gasteiger partial charge in [-0.3, -0.25) is 0 Å². The van der Waals surface area contributed by atoms with Gasteiger partial charge in [-0.25, -0.2) is 4.98 Å². The fourth-order valence-corrected chi connectivity index (χ4v) is 2.82. The number of fused-ring (bicyclic) bond motifs is 1. The number of hydrogen-bond donors (Lipinski definition) is 1. The van der Waals surface area contributed by atoms with Gasteiger partial charge in [-0.15, -0.1) is 0 Å². The molecule has 1 saturated heterocycles. The molecule has 1 aliphatic heterocycles. The molecule has 2 heterocycles. The van der Waals surface area contributed by atoms with Gasteiger partial charge in [0.1, 0.15) is 11.9 Å². The molecule has 0 aliphatic carbocycles. The molecule has 1 aromatic heterocycles. The summed E-state index contributed by atoms with van der Waals surface area (Å²) >= 11 is 0. The van der Waals surface area contributed by atoms with Crippen molar-refractivity contribution in [3.05, 3.63) is 35.4 Å². The van der Waals surface area contributed by atoms with Crippen molar-refractivity contribution >= 4 is 16.7 Å². The molecule has 1 aliphatic rings. The second-order valence-corrected chi connectivity index (χ2v) is 5.57. The fraction of sp³-hybridized carbons (Fsp3) is 0.412. The van der Waals surface area contributed by atoms with Crippen LogP contribution in [0.1, 0.15) is 30.9 Å². The van der Waals surface area contributed by atoms with E-state index in [4.69, 9.17) is 4.98 Å². The van der Waals surface area contributed by atoms with Gasteiger partial charge >= 0.3 is 0 Å². The van der Waals surface area contributed by atoms with E-state index in [2.05, 4.69) is 30.0 Å². The number of piperidine rings is 1. The van der Waals surface area contributed by atoms with Crippen LogP contribution in [0, 0.1) is 11.3 Å². The van der Waals surface area contributed by atoms with Crippen LogP contribution in [-0.4, -0.2) is 29.3 Å². The predicted molar refractivity (Wildman–Crippen MR) is 83.3 cm³/mol. The average Bonchev–Trinajstić information content (AvgIpc) is 2.53. The summed E-state index contributed by atoms with van der Waals surface area (Å²) in [5.74, 6) is 0.755. The largest absolute Gasteiger partial charge is 0.393 e. The number of benzene rings is 1. The maximum absolute atomic E-state index is 9.63. The number of aliphatic hydroxyl groups excluding tert-OH is 1. The summed E-state index contributed by atoms with van der Waals surface area (Å²) in [6.45, 7) is 3.63. The number of rotatable bonds is 2. The van der Waals surface area contributed by atoms with Gasteiger partial charge in [-0.05, 0) is 37.0 Å². The van der Waals surface area contributed by atoms with Crippen molar-refractivity contribution in [3.63, 3.8) is 0 Å². The number of nitrogens with zero attached hydrogens (tertiary/aromatic N) is 3. The van der Waals surface area contributed by atoms with Crippen LogP contribution in [0.2, 0.25) is 0 Å². The average molecular weight is 281 g/mol. The molecule has 0 unspecified atom stereocenters. The van der Waals surface area contributed by atoms with Crippen LogP contribution in [0.25, 0.3) is 10.9 Å². The molecule has 0 bridgehead atoms. The SMILES string of the molecule is CCc1ccc2cc(C#N)c(N3CCC(O)CC3)nc2c1. The standard InChI is InChI=1S/C17H19N3O/c1-2-12-3-4-13-10-14(11-18)17(19-16(13)9-12)20-7-5-15(21)6-8-20/h3-4,9-10,15,21H,2,5-8H2,1H3. The minimum absolute atomic E-state index is 0.223. The summed E-state index contributed by atoms with van der Waals surface area (Å²) in [7, 11) is 0. The molecular weight excluding hydrogens is 262 g/mol. The van der Waals surface area contributed by atoms with Crippen LogP contribution in [0.3, 0.4) is 0 Å². The van der Waals surface area contributed by atoms with E-state index in [1.54, 1.807) is 0 Å². The number of pyridine rings is 1. The van der Waals surface area contributed by atoms with Crippen LogP contribution in [-0.2, 0) is 6.42 Å². The van der Waals surface area contributed by atoms with E-state index in [9.17, 15) is 10.4 Å². The van der Waals surface area contributed by atoms with E-state index >= 15 is 0 Å². The molecule has 4 heteroatoms. The first-order chi connectivity index (χ1) is 10.2. The van der Waals surface area contributed by atoms with Crippen molar-refractivity contribution in [2.75, 3.05) is 18.0 Å². The predicted octanol–water partition coefficient (Wildman–Crippen LogP) is 2.63. The Morgan fingerprint density at radius 1 is 1.33 bits per heavy atom. The topological polar surface area (TPSA) is 60.2 Å². The monoisotopic (exact) mass is 281 g/mol. The van der Waals surface area contributed by atoms with E-state index in [0.717, 1.165) is 49.1 Å². The molecule has 3 rings (SSSR count). The molecule has 1 aromatic carbocycles. The van der Waals surface area contributed by atoms with Gasteiger partial charge in [0.25, 0.3) is 0 Å². The van der Waals surface area contributed by atoms with Crippen molar-refractivity contribution in [2.24, 2.45) is 0 Å². The van der Waals surface area contributed by atoms with E-state index in [-0.39, 0.29) is 6.10 Å². The Morgan fingerprint density at radius 2 is 2.10 bits per heavy atom. The molecule has 1 N–H and O–H groups in total. The van der Waals surface area contributed by atoms with Crippen LogP contribution in [0.5, 0.6) is 0 Å². The highest BCUT2D eigenvalue weighted by atomic mass is 16.3. The molecule has 21 heavy (non-hydrogen) atoms. The second kappa shape index (κ2) is 5.71. The Hall–Kier alpha value is -2.12. The lowest BCUT2D eigenvalue weighted by atomic mass is 10.1. The van der Waals surface area contributed by atoms with Crippen LogP contribution in [0.4, 0.5) is 5.82 Å². The Bertz CT molecular complexity index is 697. The minimum atomic E-state index is -0.223. The normalized spacial score (nSPS) is 16.1. The van der Waals surface area contributed by atoms with Gasteiger partial charge < -0.3 is 10.0 Å². The van der Waals surface area contributed by atoms with Crippen molar-refractivity contribution in [2.45, 2.75) is 32.3 Å². The lowest BCUT2D eigenvalue weighted by molar-refractivity contribution is 0.145. The first kappa shape index (κ1) is 13.8. The maximum Gasteiger partial charge on any atom is 0.147 e. The highest BCUT2D eigenvalue weighted by molar-refractivity contribution is 5.83. The second-order valence-electron chi connectivity index (χ2n) is 5.57. The van der Waals surface area contributed by atoms with Crippen molar-refractivity contribution in [3.8, 4) is 6.07 Å². The Labute approximate surface area is 124 Å². The molecule has 4 nitrogen and oxygen atoms in total. The van der Waals surface area contributed by atoms with Gasteiger partial charge in [-0.2, -0.15) is 5.26 Å².